The van der Waals surface area contributed by atoms with Crippen LogP contribution in [0.4, 0.5) is 0 Å². The SMILES string of the molecule is Cc1nn(-c2ccc3c(c2)-c2nc-3nc3[nH]c(nc4nc(nc5[nH]c(n2)c2ccc(-n6nc(C)n(-c7cc(Cl)cc(Cl)c7)c6=O)cc52)-c2ccc(-n5nc(C)n(-c6cc(Cl)cc(Cl)c6)c5=O)cc2-4)c2ccc(-n4nc(C)n(-c5cc(Cl)cc(Cl)c5)c4=O)cc32)c(=O)n1-c1cc(Cl)cc(Cl)c1. The molecule has 0 saturated heterocycles. The lowest BCUT2D eigenvalue weighted by molar-refractivity contribution is 0.827. The van der Waals surface area contributed by atoms with Gasteiger partial charge in [0.2, 0.25) is 0 Å². The summed E-state index contributed by atoms with van der Waals surface area (Å²) in [5.74, 6) is 1.98. The minimum Gasteiger partial charge on any atom is -0.324 e. The van der Waals surface area contributed by atoms with Crippen LogP contribution in [0.3, 0.4) is 0 Å². The Morgan fingerprint density at radius 2 is 0.500 bits per heavy atom. The number of aryl methyl sites for hydroxylation is 4. The molecule has 490 valence electrons. The number of aromatic amines is 2. The minimum atomic E-state index is -0.524. The average molecular weight is 1480 g/mol. The summed E-state index contributed by atoms with van der Waals surface area (Å²) in [5, 5.41) is 23.3. The number of nitrogens with zero attached hydrogens (tertiary/aromatic N) is 18. The quantitative estimate of drug-likeness (QED) is 0.143. The number of fused-ring (bicyclic) bond motifs is 20. The Morgan fingerprint density at radius 3 is 0.780 bits per heavy atom. The highest BCUT2D eigenvalue weighted by atomic mass is 35.5. The molecule has 0 saturated carbocycles. The van der Waals surface area contributed by atoms with E-state index in [1.807, 2.05) is 0 Å². The van der Waals surface area contributed by atoms with Crippen molar-refractivity contribution in [1.29, 1.82) is 0 Å². The van der Waals surface area contributed by atoms with E-state index in [4.69, 9.17) is 143 Å². The number of aromatic nitrogens is 20. The van der Waals surface area contributed by atoms with Gasteiger partial charge in [-0.15, -0.1) is 20.4 Å². The summed E-state index contributed by atoms with van der Waals surface area (Å²) in [5.41, 5.74) is 3.73. The number of nitrogens with one attached hydrogen (secondary N) is 2. The summed E-state index contributed by atoms with van der Waals surface area (Å²) in [6.45, 7) is 6.74. The van der Waals surface area contributed by atoms with Crippen LogP contribution in [-0.2, 0) is 0 Å². The lowest BCUT2D eigenvalue weighted by atomic mass is 10.1. The lowest BCUT2D eigenvalue weighted by Crippen LogP contribution is -2.23. The van der Waals surface area contributed by atoms with E-state index in [0.29, 0.717) is 153 Å². The van der Waals surface area contributed by atoms with Crippen molar-refractivity contribution in [3.8, 4) is 91.1 Å². The fourth-order valence-corrected chi connectivity index (χ4v) is 14.7. The zero-order chi connectivity index (χ0) is 69.2. The third-order valence-electron chi connectivity index (χ3n) is 16.9. The third kappa shape index (κ3) is 10.4. The summed E-state index contributed by atoms with van der Waals surface area (Å²) in [6.07, 6.45) is 0. The zero-order valence-corrected chi connectivity index (χ0v) is 57.6. The Morgan fingerprint density at radius 1 is 0.260 bits per heavy atom. The average Bonchev–Trinajstić information content (AvgIpc) is 1.59. The number of benzene rings is 8. The highest BCUT2D eigenvalue weighted by Crippen LogP contribution is 2.40. The monoisotopic (exact) mass is 1480 g/mol. The number of rotatable bonds is 8. The first-order chi connectivity index (χ1) is 48.0. The molecule has 0 unspecified atom stereocenters. The van der Waals surface area contributed by atoms with Crippen LogP contribution in [0.2, 0.25) is 40.2 Å². The molecule has 100 heavy (non-hydrogen) atoms. The molecule has 0 fully saturated rings. The molecule has 24 nitrogen and oxygen atoms in total. The van der Waals surface area contributed by atoms with E-state index in [2.05, 4.69) is 9.97 Å². The molecule has 0 spiro atoms. The summed E-state index contributed by atoms with van der Waals surface area (Å²) >= 11 is 51.6. The fraction of sp³-hybridized carbons (Fsp3) is 0.0588. The summed E-state index contributed by atoms with van der Waals surface area (Å²) in [4.78, 5) is 96.6. The first-order valence-electron chi connectivity index (χ1n) is 30.1. The maximum absolute atomic E-state index is 14.6. The normalized spacial score (nSPS) is 12.0. The number of hydrogen-bond donors (Lipinski definition) is 2. The van der Waals surface area contributed by atoms with Gasteiger partial charge in [0.25, 0.3) is 0 Å². The molecule has 7 aromatic heterocycles. The van der Waals surface area contributed by atoms with Crippen LogP contribution in [-0.4, -0.2) is 97.3 Å². The molecule has 15 aromatic rings. The van der Waals surface area contributed by atoms with E-state index >= 15 is 0 Å². The van der Waals surface area contributed by atoms with Gasteiger partial charge >= 0.3 is 22.8 Å². The molecule has 8 aromatic carbocycles. The molecular weight excluding hydrogens is 1440 g/mol. The second-order valence-corrected chi connectivity index (χ2v) is 26.8. The van der Waals surface area contributed by atoms with Gasteiger partial charge in [0.15, 0.2) is 23.3 Å². The first-order valence-corrected chi connectivity index (χ1v) is 33.1. The topological polar surface area (TPSA) is 268 Å². The van der Waals surface area contributed by atoms with Crippen LogP contribution in [0.1, 0.15) is 23.3 Å². The van der Waals surface area contributed by atoms with Gasteiger partial charge in [-0.05, 0) is 173 Å². The third-order valence-corrected chi connectivity index (χ3v) is 18.7. The predicted octanol–water partition coefficient (Wildman–Crippen LogP) is 14.7. The van der Waals surface area contributed by atoms with Crippen molar-refractivity contribution in [2.24, 2.45) is 0 Å². The van der Waals surface area contributed by atoms with Crippen LogP contribution in [0.5, 0.6) is 0 Å². The Bertz CT molecular complexity index is 6130. The standard InChI is InChI=1S/C68H38Cl8N20O4/c1-29-85-93(65(97)89(29)45-17-33(69)13-34(70)18-45)41-5-9-49-53(25-41)61-77-57(49)82-62-55-27-43(95-67(99)91(31(3)87-95)47-21-37(73)15-38(74)22-47)7-11-51(55)59(79-62)84-64-56-28-44(96-68(100)92(32(4)88-96)48-23-39(75)16-40(76)24-48)8-12-52(56)60(80-64)83-63-54-26-42(6-10-50(54)58(78-63)81-61)94-66(98)90(30(2)86-94)46-19-35(71)14-36(72)20-46/h5-28H,1-4H3,(H2,77,78,79,80,81,82,83,84). The zero-order valence-electron chi connectivity index (χ0n) is 51.6. The highest BCUT2D eigenvalue weighted by Gasteiger charge is 2.28. The van der Waals surface area contributed by atoms with E-state index in [1.54, 1.807) is 173 Å². The highest BCUT2D eigenvalue weighted by molar-refractivity contribution is 6.36. The fourth-order valence-electron chi connectivity index (χ4n) is 12.7. The lowest BCUT2D eigenvalue weighted by Gasteiger charge is -2.05. The molecular formula is C68H38Cl8N20O4. The van der Waals surface area contributed by atoms with Gasteiger partial charge in [0.1, 0.15) is 45.9 Å². The Hall–Kier alpha value is -10.8. The molecule has 0 radical (unpaired) electrons. The molecule has 0 amide bonds. The van der Waals surface area contributed by atoms with Crippen LogP contribution in [0, 0.1) is 27.7 Å². The molecule has 32 heteroatoms. The van der Waals surface area contributed by atoms with Crippen molar-refractivity contribution < 1.29 is 0 Å². The maximum atomic E-state index is 14.6. The summed E-state index contributed by atoms with van der Waals surface area (Å²) < 4.78 is 10.6. The number of H-pyrrole nitrogens is 2. The molecule has 8 bridgehead atoms. The molecule has 0 aliphatic carbocycles. The molecule has 17 rings (SSSR count). The van der Waals surface area contributed by atoms with Crippen molar-refractivity contribution in [2.75, 3.05) is 0 Å². The van der Waals surface area contributed by atoms with Crippen molar-refractivity contribution in [1.82, 2.24) is 97.3 Å². The van der Waals surface area contributed by atoms with E-state index in [0.717, 1.165) is 0 Å². The largest absolute Gasteiger partial charge is 0.355 e. The van der Waals surface area contributed by atoms with Crippen LogP contribution in [0.15, 0.2) is 165 Å². The van der Waals surface area contributed by atoms with Crippen LogP contribution in [0.25, 0.3) is 135 Å². The van der Waals surface area contributed by atoms with Crippen molar-refractivity contribution >= 4 is 137 Å². The van der Waals surface area contributed by atoms with Gasteiger partial charge in [0.05, 0.1) is 45.5 Å². The molecule has 2 N–H and O–H groups in total. The van der Waals surface area contributed by atoms with Gasteiger partial charge in [-0.1, -0.05) is 92.8 Å². The molecule has 2 aliphatic rings. The van der Waals surface area contributed by atoms with Crippen molar-refractivity contribution in [3.63, 3.8) is 0 Å². The second kappa shape index (κ2) is 23.4. The predicted molar refractivity (Wildman–Crippen MR) is 386 cm³/mol. The molecule has 2 aliphatic heterocycles. The van der Waals surface area contributed by atoms with Crippen molar-refractivity contribution in [2.45, 2.75) is 27.7 Å². The Balaban J connectivity index is 0.934. The van der Waals surface area contributed by atoms with Crippen LogP contribution >= 0.6 is 92.8 Å². The Kier molecular flexibility index (Phi) is 14.7. The van der Waals surface area contributed by atoms with Gasteiger partial charge in [-0.25, -0.2) is 67.4 Å². The number of hydrogen-bond acceptors (Lipinski definition) is 14. The van der Waals surface area contributed by atoms with Crippen molar-refractivity contribution in [3.05, 3.63) is 251 Å². The minimum absolute atomic E-state index is 0.145. The summed E-state index contributed by atoms with van der Waals surface area (Å²) in [7, 11) is 0. The Labute approximate surface area is 599 Å². The van der Waals surface area contributed by atoms with E-state index in [9.17, 15) is 19.2 Å². The van der Waals surface area contributed by atoms with E-state index in [1.165, 1.54) is 37.0 Å². The smallest absolute Gasteiger partial charge is 0.324 e. The van der Waals surface area contributed by atoms with Gasteiger partial charge in [-0.3, -0.25) is 0 Å². The van der Waals surface area contributed by atoms with Gasteiger partial charge in [0, 0.05) is 84.0 Å². The van der Waals surface area contributed by atoms with E-state index in [-0.39, 0.29) is 45.9 Å². The summed E-state index contributed by atoms with van der Waals surface area (Å²) in [6, 6.07) is 40.0. The second-order valence-electron chi connectivity index (χ2n) is 23.3. The van der Waals surface area contributed by atoms with Gasteiger partial charge < -0.3 is 9.97 Å². The number of halogens is 8. The van der Waals surface area contributed by atoms with Crippen LogP contribution < -0.4 is 22.8 Å². The van der Waals surface area contributed by atoms with Gasteiger partial charge in [-0.2, -0.15) is 18.7 Å². The van der Waals surface area contributed by atoms with E-state index < -0.39 is 22.8 Å². The molecule has 9 heterocycles. The molecule has 0 atom stereocenters. The first kappa shape index (κ1) is 62.7. The maximum Gasteiger partial charge on any atom is 0.355 e.